The quantitative estimate of drug-likeness (QED) is 0.872. The molecule has 0 aromatic heterocycles. The van der Waals surface area contributed by atoms with Crippen LogP contribution in [0.1, 0.15) is 17.2 Å². The topological polar surface area (TPSA) is 95.8 Å². The van der Waals surface area contributed by atoms with E-state index in [4.69, 9.17) is 0 Å². The highest BCUT2D eigenvalue weighted by Crippen LogP contribution is 2.34. The van der Waals surface area contributed by atoms with Crippen molar-refractivity contribution in [1.29, 1.82) is 0 Å². The number of benzene rings is 2. The molecule has 6 nitrogen and oxygen atoms in total. The maximum atomic E-state index is 12.3. The number of hydrogen-bond acceptors (Lipinski definition) is 4. The zero-order chi connectivity index (χ0) is 17.2. The van der Waals surface area contributed by atoms with Crippen molar-refractivity contribution < 1.29 is 18.3 Å². The van der Waals surface area contributed by atoms with E-state index in [-0.39, 0.29) is 5.71 Å². The van der Waals surface area contributed by atoms with Crippen LogP contribution in [0.5, 0.6) is 0 Å². The van der Waals surface area contributed by atoms with E-state index in [9.17, 15) is 18.3 Å². The van der Waals surface area contributed by atoms with Crippen molar-refractivity contribution >= 4 is 33.5 Å². The van der Waals surface area contributed by atoms with E-state index in [0.29, 0.717) is 11.3 Å². The molecule has 0 radical (unpaired) electrons. The molecule has 1 aliphatic rings. The number of para-hydroxylation sites is 1. The summed E-state index contributed by atoms with van der Waals surface area (Å²) in [6, 6.07) is 14.7. The molecular weight excluding hydrogens is 328 g/mol. The number of carboxylic acid groups (broad SMARTS) is 1. The molecule has 2 aromatic carbocycles. The van der Waals surface area contributed by atoms with E-state index in [1.165, 1.54) is 6.08 Å². The van der Waals surface area contributed by atoms with Gasteiger partial charge in [-0.3, -0.25) is 0 Å². The third-order valence-corrected chi connectivity index (χ3v) is 4.56. The summed E-state index contributed by atoms with van der Waals surface area (Å²) in [7, 11) is -3.85. The van der Waals surface area contributed by atoms with Gasteiger partial charge in [0.1, 0.15) is 5.71 Å². The van der Waals surface area contributed by atoms with Crippen molar-refractivity contribution in [2.75, 3.05) is 0 Å². The molecule has 0 bridgehead atoms. The SMILES string of the molecule is O=C(O)C1=Nc2ccccc2C1NS(=O)(=O)/C=C/c1ccccc1. The van der Waals surface area contributed by atoms with Crippen LogP contribution in [0.2, 0.25) is 0 Å². The zero-order valence-corrected chi connectivity index (χ0v) is 13.3. The number of aliphatic carboxylic acids is 1. The highest BCUT2D eigenvalue weighted by atomic mass is 32.2. The van der Waals surface area contributed by atoms with E-state index >= 15 is 0 Å². The van der Waals surface area contributed by atoms with Gasteiger partial charge < -0.3 is 5.11 Å². The van der Waals surface area contributed by atoms with Crippen LogP contribution >= 0.6 is 0 Å². The second-order valence-electron chi connectivity index (χ2n) is 5.17. The molecule has 2 N–H and O–H groups in total. The number of aliphatic imine (C=N–C) groups is 1. The molecule has 1 atom stereocenters. The Morgan fingerprint density at radius 1 is 1.08 bits per heavy atom. The summed E-state index contributed by atoms with van der Waals surface area (Å²) >= 11 is 0. The molecule has 3 rings (SSSR count). The average molecular weight is 342 g/mol. The maximum absolute atomic E-state index is 12.3. The molecule has 0 fully saturated rings. The number of hydrogen-bond donors (Lipinski definition) is 2. The largest absolute Gasteiger partial charge is 0.477 e. The second kappa shape index (κ2) is 6.38. The maximum Gasteiger partial charge on any atom is 0.352 e. The number of fused-ring (bicyclic) bond motifs is 1. The summed E-state index contributed by atoms with van der Waals surface area (Å²) in [4.78, 5) is 15.4. The van der Waals surface area contributed by atoms with E-state index in [1.807, 2.05) is 6.07 Å². The Kier molecular flexibility index (Phi) is 4.28. The van der Waals surface area contributed by atoms with Crippen LogP contribution in [0.4, 0.5) is 5.69 Å². The number of sulfonamides is 1. The molecule has 0 amide bonds. The first-order valence-electron chi connectivity index (χ1n) is 7.12. The number of carbonyl (C=O) groups is 1. The van der Waals surface area contributed by atoms with E-state index in [2.05, 4.69) is 9.71 Å². The fraction of sp³-hybridized carbons (Fsp3) is 0.0588. The monoisotopic (exact) mass is 342 g/mol. The van der Waals surface area contributed by atoms with Gasteiger partial charge in [0.2, 0.25) is 10.0 Å². The smallest absolute Gasteiger partial charge is 0.352 e. The normalized spacial score (nSPS) is 16.8. The minimum absolute atomic E-state index is 0.243. The fourth-order valence-electron chi connectivity index (χ4n) is 2.40. The highest BCUT2D eigenvalue weighted by molar-refractivity contribution is 7.92. The van der Waals surface area contributed by atoms with E-state index in [1.54, 1.807) is 48.5 Å². The first-order valence-corrected chi connectivity index (χ1v) is 8.67. The molecule has 1 aliphatic heterocycles. The van der Waals surface area contributed by atoms with Gasteiger partial charge in [0.05, 0.1) is 11.7 Å². The van der Waals surface area contributed by atoms with E-state index < -0.39 is 22.0 Å². The number of nitrogens with zero attached hydrogens (tertiary/aromatic N) is 1. The van der Waals surface area contributed by atoms with Crippen molar-refractivity contribution in [3.05, 3.63) is 71.1 Å². The zero-order valence-electron chi connectivity index (χ0n) is 12.5. The van der Waals surface area contributed by atoms with Gasteiger partial charge in [-0.2, -0.15) is 4.72 Å². The average Bonchev–Trinajstić information content (AvgIpc) is 2.93. The lowest BCUT2D eigenvalue weighted by Gasteiger charge is -2.13. The Bertz CT molecular complexity index is 934. The first kappa shape index (κ1) is 16.1. The number of nitrogens with one attached hydrogen (secondary N) is 1. The molecule has 0 aliphatic carbocycles. The van der Waals surface area contributed by atoms with Crippen LogP contribution < -0.4 is 4.72 Å². The number of rotatable bonds is 5. The van der Waals surface area contributed by atoms with Crippen molar-refractivity contribution in [3.63, 3.8) is 0 Å². The summed E-state index contributed by atoms with van der Waals surface area (Å²) < 4.78 is 27.0. The molecule has 1 unspecified atom stereocenters. The van der Waals surface area contributed by atoms with Crippen LogP contribution in [-0.2, 0) is 14.8 Å². The molecule has 0 spiro atoms. The van der Waals surface area contributed by atoms with Crippen molar-refractivity contribution in [2.45, 2.75) is 6.04 Å². The molecular formula is C17H14N2O4S. The van der Waals surface area contributed by atoms with Gasteiger partial charge in [0.25, 0.3) is 0 Å². The summed E-state index contributed by atoms with van der Waals surface area (Å²) in [5.74, 6) is -1.26. The van der Waals surface area contributed by atoms with Gasteiger partial charge >= 0.3 is 5.97 Å². The van der Waals surface area contributed by atoms with Crippen LogP contribution in [0.25, 0.3) is 6.08 Å². The van der Waals surface area contributed by atoms with Gasteiger partial charge in [-0.15, -0.1) is 0 Å². The molecule has 24 heavy (non-hydrogen) atoms. The summed E-state index contributed by atoms with van der Waals surface area (Å²) in [6.45, 7) is 0. The van der Waals surface area contributed by atoms with Gasteiger partial charge in [-0.1, -0.05) is 48.5 Å². The lowest BCUT2D eigenvalue weighted by Crippen LogP contribution is -2.34. The standard InChI is InChI=1S/C17H14N2O4S/c20-17(21)16-15(13-8-4-5-9-14(13)18-16)19-24(22,23)11-10-12-6-2-1-3-7-12/h1-11,15,19H,(H,20,21)/b11-10+. The second-order valence-corrected chi connectivity index (χ2v) is 6.77. The van der Waals surface area contributed by atoms with Gasteiger partial charge in [-0.25, -0.2) is 18.2 Å². The number of carboxylic acids is 1. The summed E-state index contributed by atoms with van der Waals surface area (Å²) in [6.07, 6.45) is 1.45. The van der Waals surface area contributed by atoms with E-state index in [0.717, 1.165) is 11.0 Å². The Balaban J connectivity index is 1.87. The van der Waals surface area contributed by atoms with Crippen molar-refractivity contribution in [2.24, 2.45) is 4.99 Å². The van der Waals surface area contributed by atoms with Gasteiger partial charge in [0.15, 0.2) is 0 Å². The molecule has 1 heterocycles. The molecule has 0 saturated heterocycles. The predicted molar refractivity (Wildman–Crippen MR) is 91.4 cm³/mol. The van der Waals surface area contributed by atoms with Crippen LogP contribution in [-0.4, -0.2) is 25.2 Å². The summed E-state index contributed by atoms with van der Waals surface area (Å²) in [5, 5.41) is 10.3. The van der Waals surface area contributed by atoms with Crippen LogP contribution in [0.15, 0.2) is 65.0 Å². The van der Waals surface area contributed by atoms with Gasteiger partial charge in [-0.05, 0) is 17.7 Å². The minimum atomic E-state index is -3.85. The minimum Gasteiger partial charge on any atom is -0.477 e. The van der Waals surface area contributed by atoms with Crippen molar-refractivity contribution in [1.82, 2.24) is 4.72 Å². The summed E-state index contributed by atoms with van der Waals surface area (Å²) in [5.41, 5.74) is 1.45. The lowest BCUT2D eigenvalue weighted by atomic mass is 10.1. The highest BCUT2D eigenvalue weighted by Gasteiger charge is 2.33. The predicted octanol–water partition coefficient (Wildman–Crippen LogP) is 2.49. The first-order chi connectivity index (χ1) is 11.5. The molecule has 7 heteroatoms. The van der Waals surface area contributed by atoms with Crippen molar-refractivity contribution in [3.8, 4) is 0 Å². The van der Waals surface area contributed by atoms with Crippen LogP contribution in [0, 0.1) is 0 Å². The Labute approximate surface area is 139 Å². The van der Waals surface area contributed by atoms with Gasteiger partial charge in [0, 0.05) is 11.0 Å². The Morgan fingerprint density at radius 3 is 2.46 bits per heavy atom. The fourth-order valence-corrected chi connectivity index (χ4v) is 3.38. The third kappa shape index (κ3) is 3.42. The lowest BCUT2D eigenvalue weighted by molar-refractivity contribution is -0.129. The Hall–Kier alpha value is -2.77. The molecule has 2 aromatic rings. The third-order valence-electron chi connectivity index (χ3n) is 3.50. The molecule has 122 valence electrons. The molecule has 0 saturated carbocycles. The van der Waals surface area contributed by atoms with Crippen LogP contribution in [0.3, 0.4) is 0 Å². The Morgan fingerprint density at radius 2 is 1.75 bits per heavy atom.